The van der Waals surface area contributed by atoms with Gasteiger partial charge >= 0.3 is 5.69 Å². The number of thioether (sulfide) groups is 1. The van der Waals surface area contributed by atoms with E-state index in [0.29, 0.717) is 21.5 Å². The van der Waals surface area contributed by atoms with E-state index in [1.165, 1.54) is 23.4 Å². The first-order valence-corrected chi connectivity index (χ1v) is 8.97. The standard InChI is InChI=1S/C16H16ClN5O3S/c1-20-13-12(14(24)22(3)16(25)21(13)2)19-15(20)26-8-11(23)18-10-7-5-4-6-9(10)17/h4-7H,8H2,1-3H3,(H,18,23). The maximum atomic E-state index is 12.3. The molecule has 1 aromatic carbocycles. The quantitative estimate of drug-likeness (QED) is 0.676. The summed E-state index contributed by atoms with van der Waals surface area (Å²) in [7, 11) is 4.68. The Morgan fingerprint density at radius 1 is 1.15 bits per heavy atom. The van der Waals surface area contributed by atoms with Gasteiger partial charge in [0.25, 0.3) is 5.56 Å². The molecule has 0 aliphatic heterocycles. The summed E-state index contributed by atoms with van der Waals surface area (Å²) in [5.41, 5.74) is 0.226. The van der Waals surface area contributed by atoms with Gasteiger partial charge in [0.2, 0.25) is 5.91 Å². The maximum absolute atomic E-state index is 12.3. The molecule has 0 saturated carbocycles. The summed E-state index contributed by atoms with van der Waals surface area (Å²) in [6.45, 7) is 0. The molecule has 1 amide bonds. The lowest BCUT2D eigenvalue weighted by atomic mass is 10.3. The molecule has 1 N–H and O–H groups in total. The first-order chi connectivity index (χ1) is 12.3. The number of nitrogens with one attached hydrogen (secondary N) is 1. The highest BCUT2D eigenvalue weighted by atomic mass is 35.5. The van der Waals surface area contributed by atoms with Crippen molar-refractivity contribution >= 4 is 46.1 Å². The molecule has 3 aromatic rings. The second-order valence-corrected chi connectivity index (χ2v) is 7.00. The third-order valence-electron chi connectivity index (χ3n) is 3.90. The Morgan fingerprint density at radius 2 is 1.85 bits per heavy atom. The fourth-order valence-electron chi connectivity index (χ4n) is 2.57. The van der Waals surface area contributed by atoms with Crippen molar-refractivity contribution in [2.24, 2.45) is 21.1 Å². The number of carbonyl (C=O) groups is 1. The minimum atomic E-state index is -0.467. The van der Waals surface area contributed by atoms with E-state index in [0.717, 1.165) is 4.57 Å². The Hall–Kier alpha value is -2.52. The van der Waals surface area contributed by atoms with Crippen LogP contribution in [0, 0.1) is 0 Å². The van der Waals surface area contributed by atoms with Crippen LogP contribution in [0.15, 0.2) is 39.0 Å². The maximum Gasteiger partial charge on any atom is 0.332 e. The van der Waals surface area contributed by atoms with Crippen LogP contribution in [0.25, 0.3) is 11.2 Å². The second-order valence-electron chi connectivity index (χ2n) is 5.65. The van der Waals surface area contributed by atoms with Crippen LogP contribution in [0.5, 0.6) is 0 Å². The molecule has 0 fully saturated rings. The fraction of sp³-hybridized carbons (Fsp3) is 0.250. The zero-order valence-electron chi connectivity index (χ0n) is 14.3. The summed E-state index contributed by atoms with van der Waals surface area (Å²) < 4.78 is 4.00. The van der Waals surface area contributed by atoms with Gasteiger partial charge in [-0.3, -0.25) is 18.7 Å². The normalized spacial score (nSPS) is 11.1. The number of para-hydroxylation sites is 1. The number of carbonyl (C=O) groups excluding carboxylic acids is 1. The second kappa shape index (κ2) is 7.00. The molecule has 0 bridgehead atoms. The molecule has 0 saturated heterocycles. The Kier molecular flexibility index (Phi) is 4.92. The smallest absolute Gasteiger partial charge is 0.324 e. The number of benzene rings is 1. The van der Waals surface area contributed by atoms with Crippen molar-refractivity contribution in [1.29, 1.82) is 0 Å². The van der Waals surface area contributed by atoms with Crippen LogP contribution in [0.3, 0.4) is 0 Å². The van der Waals surface area contributed by atoms with Crippen LogP contribution in [0.2, 0.25) is 5.02 Å². The topological polar surface area (TPSA) is 90.9 Å². The highest BCUT2D eigenvalue weighted by Crippen LogP contribution is 2.23. The van der Waals surface area contributed by atoms with Gasteiger partial charge in [-0.1, -0.05) is 35.5 Å². The van der Waals surface area contributed by atoms with Gasteiger partial charge in [-0.2, -0.15) is 0 Å². The van der Waals surface area contributed by atoms with E-state index in [9.17, 15) is 14.4 Å². The number of amides is 1. The molecule has 8 nitrogen and oxygen atoms in total. The first kappa shape index (κ1) is 18.3. The summed E-state index contributed by atoms with van der Waals surface area (Å²) in [6.07, 6.45) is 0. The van der Waals surface area contributed by atoms with Crippen molar-refractivity contribution in [2.45, 2.75) is 5.16 Å². The Labute approximate surface area is 157 Å². The van der Waals surface area contributed by atoms with E-state index in [2.05, 4.69) is 10.3 Å². The Morgan fingerprint density at radius 3 is 2.54 bits per heavy atom. The third kappa shape index (κ3) is 3.15. The molecule has 10 heteroatoms. The van der Waals surface area contributed by atoms with Gasteiger partial charge in [-0.05, 0) is 12.1 Å². The number of anilines is 1. The molecular formula is C16H16ClN5O3S. The van der Waals surface area contributed by atoms with Crippen LogP contribution >= 0.6 is 23.4 Å². The van der Waals surface area contributed by atoms with Crippen molar-refractivity contribution in [3.8, 4) is 0 Å². The van der Waals surface area contributed by atoms with Crippen molar-refractivity contribution in [3.05, 3.63) is 50.1 Å². The van der Waals surface area contributed by atoms with Gasteiger partial charge in [0.15, 0.2) is 16.3 Å². The monoisotopic (exact) mass is 393 g/mol. The summed E-state index contributed by atoms with van der Waals surface area (Å²) in [6, 6.07) is 6.94. The summed E-state index contributed by atoms with van der Waals surface area (Å²) in [5.74, 6) is -0.173. The van der Waals surface area contributed by atoms with E-state index >= 15 is 0 Å². The number of halogens is 1. The van der Waals surface area contributed by atoms with E-state index in [-0.39, 0.29) is 17.2 Å². The summed E-state index contributed by atoms with van der Waals surface area (Å²) in [5, 5.41) is 3.64. The average molecular weight is 394 g/mol. The molecule has 0 aliphatic rings. The van der Waals surface area contributed by atoms with Crippen LogP contribution in [0.1, 0.15) is 0 Å². The van der Waals surface area contributed by atoms with Crippen LogP contribution in [0.4, 0.5) is 5.69 Å². The highest BCUT2D eigenvalue weighted by molar-refractivity contribution is 7.99. The zero-order valence-corrected chi connectivity index (χ0v) is 15.9. The van der Waals surface area contributed by atoms with Crippen LogP contribution in [-0.4, -0.2) is 30.3 Å². The minimum Gasteiger partial charge on any atom is -0.324 e. The molecule has 0 aliphatic carbocycles. The SMILES string of the molecule is Cn1c(=O)c2nc(SCC(=O)Nc3ccccc3Cl)n(C)c2n(C)c1=O. The van der Waals surface area contributed by atoms with Gasteiger partial charge in [-0.15, -0.1) is 0 Å². The zero-order chi connectivity index (χ0) is 19.0. The van der Waals surface area contributed by atoms with E-state index < -0.39 is 11.2 Å². The van der Waals surface area contributed by atoms with Crippen molar-refractivity contribution in [2.75, 3.05) is 11.1 Å². The molecule has 136 valence electrons. The number of hydrogen-bond acceptors (Lipinski definition) is 5. The van der Waals surface area contributed by atoms with E-state index in [4.69, 9.17) is 11.6 Å². The van der Waals surface area contributed by atoms with Gasteiger partial charge < -0.3 is 9.88 Å². The predicted molar refractivity (Wildman–Crippen MR) is 102 cm³/mol. The number of nitrogens with zero attached hydrogens (tertiary/aromatic N) is 4. The molecule has 26 heavy (non-hydrogen) atoms. The molecule has 0 radical (unpaired) electrons. The molecule has 3 rings (SSSR count). The number of rotatable bonds is 4. The fourth-order valence-corrected chi connectivity index (χ4v) is 3.52. The Bertz CT molecular complexity index is 1130. The molecule has 0 spiro atoms. The van der Waals surface area contributed by atoms with E-state index in [1.807, 2.05) is 0 Å². The van der Waals surface area contributed by atoms with Crippen molar-refractivity contribution in [1.82, 2.24) is 18.7 Å². The third-order valence-corrected chi connectivity index (χ3v) is 5.26. The molecule has 2 aromatic heterocycles. The molecule has 2 heterocycles. The van der Waals surface area contributed by atoms with Gasteiger partial charge in [0.1, 0.15) is 0 Å². The molecule has 0 atom stereocenters. The average Bonchev–Trinajstić information content (AvgIpc) is 2.95. The molecular weight excluding hydrogens is 378 g/mol. The highest BCUT2D eigenvalue weighted by Gasteiger charge is 2.18. The minimum absolute atomic E-state index is 0.0800. The number of fused-ring (bicyclic) bond motifs is 1. The lowest BCUT2D eigenvalue weighted by Crippen LogP contribution is -2.37. The van der Waals surface area contributed by atoms with Crippen LogP contribution < -0.4 is 16.6 Å². The summed E-state index contributed by atoms with van der Waals surface area (Å²) >= 11 is 7.19. The first-order valence-electron chi connectivity index (χ1n) is 7.61. The van der Waals surface area contributed by atoms with Crippen LogP contribution in [-0.2, 0) is 25.9 Å². The largest absolute Gasteiger partial charge is 0.332 e. The lowest BCUT2D eigenvalue weighted by Gasteiger charge is -2.07. The van der Waals surface area contributed by atoms with Gasteiger partial charge in [0, 0.05) is 21.1 Å². The van der Waals surface area contributed by atoms with Crippen molar-refractivity contribution < 1.29 is 4.79 Å². The number of hydrogen-bond donors (Lipinski definition) is 1. The van der Waals surface area contributed by atoms with Gasteiger partial charge in [0.05, 0.1) is 16.5 Å². The lowest BCUT2D eigenvalue weighted by molar-refractivity contribution is -0.113. The molecule has 0 unspecified atom stereocenters. The van der Waals surface area contributed by atoms with E-state index in [1.54, 1.807) is 42.9 Å². The number of aryl methyl sites for hydroxylation is 2. The Balaban J connectivity index is 1.85. The predicted octanol–water partition coefficient (Wildman–Crippen LogP) is 1.35. The van der Waals surface area contributed by atoms with Gasteiger partial charge in [-0.25, -0.2) is 9.78 Å². The summed E-state index contributed by atoms with van der Waals surface area (Å²) in [4.78, 5) is 40.8. The van der Waals surface area contributed by atoms with Crippen molar-refractivity contribution in [3.63, 3.8) is 0 Å². The number of imidazole rings is 1. The number of aromatic nitrogens is 4.